The van der Waals surface area contributed by atoms with E-state index in [4.69, 9.17) is 0 Å². The maximum atomic E-state index is 11.4. The second-order valence-corrected chi connectivity index (χ2v) is 7.51. The molecule has 2 unspecified atom stereocenters. The summed E-state index contributed by atoms with van der Waals surface area (Å²) < 4.78 is 24.4. The first-order chi connectivity index (χ1) is 6.12. The van der Waals surface area contributed by atoms with Gasteiger partial charge in [0.1, 0.15) is 0 Å². The van der Waals surface area contributed by atoms with Gasteiger partial charge in [0.05, 0.1) is 6.26 Å². The van der Waals surface area contributed by atoms with E-state index < -0.39 is 10.0 Å². The molecule has 0 bridgehead atoms. The van der Waals surface area contributed by atoms with Gasteiger partial charge in [0.2, 0.25) is 10.0 Å². The van der Waals surface area contributed by atoms with Crippen molar-refractivity contribution >= 4 is 10.0 Å². The Morgan fingerprint density at radius 1 is 1.21 bits per heavy atom. The molecule has 0 spiro atoms. The SMILES string of the molecule is CC1CN(S(C)(=O)=O)CC1C(C)(C)C. The largest absolute Gasteiger partial charge is 0.213 e. The third-order valence-electron chi connectivity index (χ3n) is 3.16. The lowest BCUT2D eigenvalue weighted by atomic mass is 9.76. The number of rotatable bonds is 1. The fourth-order valence-electron chi connectivity index (χ4n) is 2.32. The summed E-state index contributed by atoms with van der Waals surface area (Å²) in [5.41, 5.74) is 0.193. The van der Waals surface area contributed by atoms with Crippen LogP contribution >= 0.6 is 0 Å². The molecule has 1 fully saturated rings. The van der Waals surface area contributed by atoms with E-state index in [1.807, 2.05) is 0 Å². The van der Waals surface area contributed by atoms with Crippen molar-refractivity contribution in [3.05, 3.63) is 0 Å². The summed E-state index contributed by atoms with van der Waals surface area (Å²) in [5, 5.41) is 0. The molecule has 1 aliphatic rings. The maximum Gasteiger partial charge on any atom is 0.211 e. The van der Waals surface area contributed by atoms with Crippen LogP contribution in [0, 0.1) is 17.3 Å². The van der Waals surface area contributed by atoms with Crippen molar-refractivity contribution in [3.8, 4) is 0 Å². The molecule has 0 aromatic carbocycles. The molecule has 1 aliphatic heterocycles. The highest BCUT2D eigenvalue weighted by Gasteiger charge is 2.40. The predicted octanol–water partition coefficient (Wildman–Crippen LogP) is 1.56. The van der Waals surface area contributed by atoms with E-state index in [0.29, 0.717) is 24.9 Å². The summed E-state index contributed by atoms with van der Waals surface area (Å²) in [4.78, 5) is 0. The molecule has 84 valence electrons. The van der Waals surface area contributed by atoms with E-state index in [0.717, 1.165) is 0 Å². The molecule has 3 nitrogen and oxygen atoms in total. The van der Waals surface area contributed by atoms with Crippen molar-refractivity contribution in [1.29, 1.82) is 0 Å². The van der Waals surface area contributed by atoms with Crippen LogP contribution in [0.2, 0.25) is 0 Å². The molecule has 1 saturated heterocycles. The van der Waals surface area contributed by atoms with Crippen molar-refractivity contribution in [2.45, 2.75) is 27.7 Å². The Morgan fingerprint density at radius 3 is 1.93 bits per heavy atom. The normalized spacial score (nSPS) is 30.9. The molecule has 0 aliphatic carbocycles. The highest BCUT2D eigenvalue weighted by Crippen LogP contribution is 2.38. The number of hydrogen-bond donors (Lipinski definition) is 0. The van der Waals surface area contributed by atoms with E-state index in [2.05, 4.69) is 27.7 Å². The molecule has 0 saturated carbocycles. The molecule has 1 heterocycles. The van der Waals surface area contributed by atoms with E-state index in [1.165, 1.54) is 6.26 Å². The summed E-state index contributed by atoms with van der Waals surface area (Å²) in [7, 11) is -3.00. The van der Waals surface area contributed by atoms with Crippen molar-refractivity contribution in [1.82, 2.24) is 4.31 Å². The summed E-state index contributed by atoms with van der Waals surface area (Å²) in [6.07, 6.45) is 1.30. The number of nitrogens with zero attached hydrogens (tertiary/aromatic N) is 1. The Hall–Kier alpha value is -0.0900. The predicted molar refractivity (Wildman–Crippen MR) is 58.5 cm³/mol. The van der Waals surface area contributed by atoms with Gasteiger partial charge in [0, 0.05) is 13.1 Å². The van der Waals surface area contributed by atoms with Crippen LogP contribution in [0.25, 0.3) is 0 Å². The minimum atomic E-state index is -3.00. The lowest BCUT2D eigenvalue weighted by Gasteiger charge is -2.29. The molecule has 0 amide bonds. The van der Waals surface area contributed by atoms with Gasteiger partial charge in [0.15, 0.2) is 0 Å². The Balaban J connectivity index is 2.80. The van der Waals surface area contributed by atoms with Crippen LogP contribution in [0.5, 0.6) is 0 Å². The minimum absolute atomic E-state index is 0.193. The maximum absolute atomic E-state index is 11.4. The van der Waals surface area contributed by atoms with Crippen molar-refractivity contribution < 1.29 is 8.42 Å². The van der Waals surface area contributed by atoms with Crippen LogP contribution in [-0.4, -0.2) is 32.1 Å². The highest BCUT2D eigenvalue weighted by atomic mass is 32.2. The molecular formula is C10H21NO2S. The van der Waals surface area contributed by atoms with Crippen LogP contribution in [-0.2, 0) is 10.0 Å². The topological polar surface area (TPSA) is 37.4 Å². The fraction of sp³-hybridized carbons (Fsp3) is 1.00. The summed E-state index contributed by atoms with van der Waals surface area (Å²) in [5.74, 6) is 0.932. The monoisotopic (exact) mass is 219 g/mol. The Morgan fingerprint density at radius 2 is 1.71 bits per heavy atom. The van der Waals surface area contributed by atoms with Crippen LogP contribution in [0.15, 0.2) is 0 Å². The molecule has 14 heavy (non-hydrogen) atoms. The molecule has 2 atom stereocenters. The molecule has 4 heteroatoms. The van der Waals surface area contributed by atoms with Crippen molar-refractivity contribution in [3.63, 3.8) is 0 Å². The molecule has 0 N–H and O–H groups in total. The molecular weight excluding hydrogens is 198 g/mol. The van der Waals surface area contributed by atoms with Gasteiger partial charge < -0.3 is 0 Å². The zero-order valence-corrected chi connectivity index (χ0v) is 10.6. The molecule has 1 rings (SSSR count). The van der Waals surface area contributed by atoms with Crippen molar-refractivity contribution in [2.24, 2.45) is 17.3 Å². The first kappa shape index (κ1) is 12.0. The van der Waals surface area contributed by atoms with Gasteiger partial charge in [-0.25, -0.2) is 12.7 Å². The highest BCUT2D eigenvalue weighted by molar-refractivity contribution is 7.88. The minimum Gasteiger partial charge on any atom is -0.213 e. The average Bonchev–Trinajstić information content (AvgIpc) is 2.27. The third kappa shape index (κ3) is 2.48. The Bertz CT molecular complexity index is 303. The van der Waals surface area contributed by atoms with Crippen LogP contribution in [0.1, 0.15) is 27.7 Å². The van der Waals surface area contributed by atoms with Crippen molar-refractivity contribution in [2.75, 3.05) is 19.3 Å². The van der Waals surface area contributed by atoms with E-state index >= 15 is 0 Å². The van der Waals surface area contributed by atoms with Gasteiger partial charge in [-0.05, 0) is 17.3 Å². The van der Waals surface area contributed by atoms with Crippen LogP contribution in [0.4, 0.5) is 0 Å². The summed E-state index contributed by atoms with van der Waals surface area (Å²) in [6.45, 7) is 10.0. The quantitative estimate of drug-likeness (QED) is 0.671. The molecule has 0 radical (unpaired) electrons. The first-order valence-electron chi connectivity index (χ1n) is 5.07. The van der Waals surface area contributed by atoms with Gasteiger partial charge in [-0.1, -0.05) is 27.7 Å². The van der Waals surface area contributed by atoms with Gasteiger partial charge in [-0.3, -0.25) is 0 Å². The zero-order valence-electron chi connectivity index (χ0n) is 9.74. The second-order valence-electron chi connectivity index (χ2n) is 5.53. The van der Waals surface area contributed by atoms with E-state index in [1.54, 1.807) is 4.31 Å². The van der Waals surface area contributed by atoms with E-state index in [9.17, 15) is 8.42 Å². The third-order valence-corrected chi connectivity index (χ3v) is 4.40. The van der Waals surface area contributed by atoms with Gasteiger partial charge in [-0.2, -0.15) is 0 Å². The smallest absolute Gasteiger partial charge is 0.211 e. The van der Waals surface area contributed by atoms with Gasteiger partial charge in [0.25, 0.3) is 0 Å². The number of hydrogen-bond acceptors (Lipinski definition) is 2. The Kier molecular flexibility index (Phi) is 2.99. The molecule has 0 aromatic rings. The number of sulfonamides is 1. The Labute approximate surface area is 87.5 Å². The lowest BCUT2D eigenvalue weighted by Crippen LogP contribution is -2.30. The zero-order chi connectivity index (χ0) is 11.1. The summed E-state index contributed by atoms with van der Waals surface area (Å²) >= 11 is 0. The van der Waals surface area contributed by atoms with E-state index in [-0.39, 0.29) is 5.41 Å². The average molecular weight is 219 g/mol. The first-order valence-corrected chi connectivity index (χ1v) is 6.92. The standard InChI is InChI=1S/C10H21NO2S/c1-8-6-11(14(5,12)13)7-9(8)10(2,3)4/h8-9H,6-7H2,1-5H3. The summed E-state index contributed by atoms with van der Waals surface area (Å²) in [6, 6.07) is 0. The fourth-order valence-corrected chi connectivity index (χ4v) is 3.26. The van der Waals surface area contributed by atoms with Crippen LogP contribution < -0.4 is 0 Å². The lowest BCUT2D eigenvalue weighted by molar-refractivity contribution is 0.210. The van der Waals surface area contributed by atoms with Crippen LogP contribution in [0.3, 0.4) is 0 Å². The van der Waals surface area contributed by atoms with Gasteiger partial charge >= 0.3 is 0 Å². The molecule has 0 aromatic heterocycles. The van der Waals surface area contributed by atoms with Gasteiger partial charge in [-0.15, -0.1) is 0 Å². The second kappa shape index (κ2) is 3.49.